The van der Waals surface area contributed by atoms with Gasteiger partial charge in [-0.2, -0.15) is 0 Å². The van der Waals surface area contributed by atoms with Crippen molar-refractivity contribution in [3.63, 3.8) is 0 Å². The summed E-state index contributed by atoms with van der Waals surface area (Å²) >= 11 is 0. The standard InChI is InChI=1S/C30H48O/c1-3-5-7-11-23-31-29-21-19-28(20-22-29)30(24-26-13-9-8-10-14-26)27-17-15-25(16-18-27)12-6-4-2/h8-9,19-22,25-27,30H,3-7,10-18,23-24H2,1-2H3. The van der Waals surface area contributed by atoms with Gasteiger partial charge in [-0.05, 0) is 86.3 Å². The lowest BCUT2D eigenvalue weighted by molar-refractivity contribution is 0.210. The Balaban J connectivity index is 1.59. The molecule has 2 atom stereocenters. The third kappa shape index (κ3) is 8.32. The molecule has 0 amide bonds. The minimum absolute atomic E-state index is 0.738. The van der Waals surface area contributed by atoms with Gasteiger partial charge in [-0.1, -0.05) is 89.5 Å². The van der Waals surface area contributed by atoms with Crippen LogP contribution in [0.15, 0.2) is 36.4 Å². The molecule has 1 heteroatoms. The number of unbranched alkanes of at least 4 members (excludes halogenated alkanes) is 4. The third-order valence-electron chi connectivity index (χ3n) is 7.97. The Kier molecular flexibility index (Phi) is 11.0. The van der Waals surface area contributed by atoms with Crippen molar-refractivity contribution in [3.05, 3.63) is 42.0 Å². The van der Waals surface area contributed by atoms with Gasteiger partial charge in [0.25, 0.3) is 0 Å². The summed E-state index contributed by atoms with van der Waals surface area (Å²) in [5, 5.41) is 0. The van der Waals surface area contributed by atoms with E-state index in [1.165, 1.54) is 96.3 Å². The molecule has 0 N–H and O–H groups in total. The molecule has 174 valence electrons. The van der Waals surface area contributed by atoms with Crippen LogP contribution in [0.5, 0.6) is 5.75 Å². The molecular weight excluding hydrogens is 376 g/mol. The Hall–Kier alpha value is -1.24. The molecule has 0 spiro atoms. The molecule has 0 saturated heterocycles. The van der Waals surface area contributed by atoms with Crippen molar-refractivity contribution in [1.29, 1.82) is 0 Å². The largest absolute Gasteiger partial charge is 0.494 e. The minimum Gasteiger partial charge on any atom is -0.494 e. The van der Waals surface area contributed by atoms with E-state index < -0.39 is 0 Å². The summed E-state index contributed by atoms with van der Waals surface area (Å²) in [4.78, 5) is 0. The topological polar surface area (TPSA) is 9.23 Å². The highest BCUT2D eigenvalue weighted by Crippen LogP contribution is 2.44. The first kappa shape index (κ1) is 24.4. The van der Waals surface area contributed by atoms with Crippen molar-refractivity contribution in [2.24, 2.45) is 17.8 Å². The summed E-state index contributed by atoms with van der Waals surface area (Å²) in [5.74, 6) is 4.55. The van der Waals surface area contributed by atoms with Gasteiger partial charge in [0, 0.05) is 0 Å². The van der Waals surface area contributed by atoms with Gasteiger partial charge < -0.3 is 4.74 Å². The highest BCUT2D eigenvalue weighted by Gasteiger charge is 2.30. The van der Waals surface area contributed by atoms with Crippen LogP contribution in [0.2, 0.25) is 0 Å². The molecule has 0 bridgehead atoms. The predicted octanol–water partition coefficient (Wildman–Crippen LogP) is 9.47. The van der Waals surface area contributed by atoms with Crippen LogP contribution in [0.1, 0.15) is 122 Å². The number of benzene rings is 1. The lowest BCUT2D eigenvalue weighted by atomic mass is 9.69. The fraction of sp³-hybridized carbons (Fsp3) is 0.733. The van der Waals surface area contributed by atoms with Crippen LogP contribution in [0.3, 0.4) is 0 Å². The molecule has 2 aliphatic carbocycles. The smallest absolute Gasteiger partial charge is 0.119 e. The SMILES string of the molecule is CCCCCCOc1ccc(C(CC2CC=CCC2)C2CCC(CCCC)CC2)cc1. The lowest BCUT2D eigenvalue weighted by Gasteiger charge is -2.36. The van der Waals surface area contributed by atoms with E-state index in [9.17, 15) is 0 Å². The zero-order chi connectivity index (χ0) is 21.7. The zero-order valence-corrected chi connectivity index (χ0v) is 20.5. The fourth-order valence-corrected chi connectivity index (χ4v) is 5.93. The fourth-order valence-electron chi connectivity index (χ4n) is 5.93. The minimum atomic E-state index is 0.738. The van der Waals surface area contributed by atoms with E-state index >= 15 is 0 Å². The first-order valence-corrected chi connectivity index (χ1v) is 13.7. The van der Waals surface area contributed by atoms with Crippen LogP contribution in [0, 0.1) is 17.8 Å². The second-order valence-electron chi connectivity index (χ2n) is 10.4. The van der Waals surface area contributed by atoms with E-state index in [-0.39, 0.29) is 0 Å². The van der Waals surface area contributed by atoms with E-state index in [2.05, 4.69) is 50.3 Å². The number of ether oxygens (including phenoxy) is 1. The van der Waals surface area contributed by atoms with Crippen molar-refractivity contribution in [3.8, 4) is 5.75 Å². The van der Waals surface area contributed by atoms with E-state index in [4.69, 9.17) is 4.74 Å². The molecular formula is C30H48O. The molecule has 0 heterocycles. The monoisotopic (exact) mass is 424 g/mol. The summed E-state index contributed by atoms with van der Waals surface area (Å²) in [6.45, 7) is 5.45. The average Bonchev–Trinajstić information content (AvgIpc) is 2.83. The lowest BCUT2D eigenvalue weighted by Crippen LogP contribution is -2.23. The molecule has 1 nitrogen and oxygen atoms in total. The zero-order valence-electron chi connectivity index (χ0n) is 20.5. The van der Waals surface area contributed by atoms with Crippen LogP contribution < -0.4 is 4.74 Å². The summed E-state index contributed by atoms with van der Waals surface area (Å²) < 4.78 is 6.03. The van der Waals surface area contributed by atoms with Crippen molar-refractivity contribution < 1.29 is 4.74 Å². The molecule has 2 aliphatic rings. The maximum atomic E-state index is 6.03. The van der Waals surface area contributed by atoms with Crippen molar-refractivity contribution in [2.45, 2.75) is 116 Å². The molecule has 1 aromatic carbocycles. The van der Waals surface area contributed by atoms with Gasteiger partial charge >= 0.3 is 0 Å². The molecule has 1 saturated carbocycles. The van der Waals surface area contributed by atoms with Gasteiger partial charge in [-0.15, -0.1) is 0 Å². The molecule has 3 rings (SSSR count). The molecule has 0 radical (unpaired) electrons. The van der Waals surface area contributed by atoms with E-state index in [0.29, 0.717) is 0 Å². The number of hydrogen-bond acceptors (Lipinski definition) is 1. The van der Waals surface area contributed by atoms with Crippen LogP contribution in [-0.2, 0) is 0 Å². The molecule has 0 aliphatic heterocycles. The third-order valence-corrected chi connectivity index (χ3v) is 7.97. The number of rotatable bonds is 13. The first-order chi connectivity index (χ1) is 15.3. The van der Waals surface area contributed by atoms with Gasteiger partial charge in [0.05, 0.1) is 6.61 Å². The second-order valence-corrected chi connectivity index (χ2v) is 10.4. The van der Waals surface area contributed by atoms with Crippen molar-refractivity contribution >= 4 is 0 Å². The van der Waals surface area contributed by atoms with Crippen LogP contribution >= 0.6 is 0 Å². The summed E-state index contributed by atoms with van der Waals surface area (Å²) in [6, 6.07) is 9.29. The summed E-state index contributed by atoms with van der Waals surface area (Å²) in [5.41, 5.74) is 1.57. The number of hydrogen-bond donors (Lipinski definition) is 0. The second kappa shape index (κ2) is 14.0. The van der Waals surface area contributed by atoms with E-state index in [0.717, 1.165) is 36.0 Å². The Morgan fingerprint density at radius 1 is 0.806 bits per heavy atom. The maximum Gasteiger partial charge on any atom is 0.119 e. The number of allylic oxidation sites excluding steroid dienone is 2. The van der Waals surface area contributed by atoms with E-state index in [1.54, 1.807) is 5.56 Å². The summed E-state index contributed by atoms with van der Waals surface area (Å²) in [6.07, 6.45) is 25.3. The molecule has 1 aromatic rings. The highest BCUT2D eigenvalue weighted by molar-refractivity contribution is 5.30. The molecule has 2 unspecified atom stereocenters. The van der Waals surface area contributed by atoms with Crippen molar-refractivity contribution in [2.75, 3.05) is 6.61 Å². The Labute approximate surface area is 193 Å². The van der Waals surface area contributed by atoms with Crippen molar-refractivity contribution in [1.82, 2.24) is 0 Å². The predicted molar refractivity (Wildman–Crippen MR) is 135 cm³/mol. The molecule has 1 fully saturated rings. The average molecular weight is 425 g/mol. The molecule has 31 heavy (non-hydrogen) atoms. The Bertz CT molecular complexity index is 608. The van der Waals surface area contributed by atoms with Gasteiger partial charge in [-0.25, -0.2) is 0 Å². The quantitative estimate of drug-likeness (QED) is 0.226. The normalized spacial score (nSPS) is 24.8. The maximum absolute atomic E-state index is 6.03. The van der Waals surface area contributed by atoms with Gasteiger partial charge in [0.1, 0.15) is 5.75 Å². The Morgan fingerprint density at radius 2 is 1.58 bits per heavy atom. The summed E-state index contributed by atoms with van der Waals surface area (Å²) in [7, 11) is 0. The van der Waals surface area contributed by atoms with Gasteiger partial charge in [-0.3, -0.25) is 0 Å². The van der Waals surface area contributed by atoms with Gasteiger partial charge in [0.2, 0.25) is 0 Å². The van der Waals surface area contributed by atoms with Crippen LogP contribution in [-0.4, -0.2) is 6.61 Å². The van der Waals surface area contributed by atoms with Gasteiger partial charge in [0.15, 0.2) is 0 Å². The first-order valence-electron chi connectivity index (χ1n) is 13.7. The van der Waals surface area contributed by atoms with E-state index in [1.807, 2.05) is 0 Å². The van der Waals surface area contributed by atoms with Crippen LogP contribution in [0.4, 0.5) is 0 Å². The highest BCUT2D eigenvalue weighted by atomic mass is 16.5. The Morgan fingerprint density at radius 3 is 2.26 bits per heavy atom. The van der Waals surface area contributed by atoms with Crippen LogP contribution in [0.25, 0.3) is 0 Å². The molecule has 0 aromatic heterocycles.